The zero-order valence-corrected chi connectivity index (χ0v) is 21.2. The molecule has 0 saturated carbocycles. The highest BCUT2D eigenvalue weighted by atomic mass is 127. The number of anilines is 1. The number of halogens is 4. The van der Waals surface area contributed by atoms with Gasteiger partial charge in [-0.05, 0) is 46.7 Å². The molecule has 194 valence electrons. The van der Waals surface area contributed by atoms with Crippen LogP contribution in [0.3, 0.4) is 0 Å². The normalized spacial score (nSPS) is 20.0. The number of imide groups is 2. The van der Waals surface area contributed by atoms with Crippen LogP contribution >= 0.6 is 20.7 Å². The summed E-state index contributed by atoms with van der Waals surface area (Å²) >= 11 is -0.664. The molecule has 3 aliphatic rings. The van der Waals surface area contributed by atoms with E-state index < -0.39 is 68.0 Å². The van der Waals surface area contributed by atoms with Gasteiger partial charge in [0.2, 0.25) is 17.7 Å². The SMILES string of the molecule is O=C1CCC(N2C(=O)C=C(NC3=CC(CCC(=O)Nc4cccc(C(F)(F)F)c4)=CC=I3)C2=O)C(=O)N1. The Balaban J connectivity index is 1.33. The average molecular weight is 628 g/mol. The maximum atomic E-state index is 12.9. The Kier molecular flexibility index (Phi) is 7.71. The summed E-state index contributed by atoms with van der Waals surface area (Å²) in [6, 6.07) is 3.32. The minimum atomic E-state index is -4.51. The second-order valence-electron chi connectivity index (χ2n) is 8.26. The third kappa shape index (κ3) is 6.39. The van der Waals surface area contributed by atoms with E-state index in [-0.39, 0.29) is 30.6 Å². The number of allylic oxidation sites excluding steroid dienone is 3. The number of rotatable bonds is 7. The summed E-state index contributed by atoms with van der Waals surface area (Å²) in [5.41, 5.74) is -0.0443. The Morgan fingerprint density at radius 2 is 1.95 bits per heavy atom. The molecule has 3 aliphatic heterocycles. The van der Waals surface area contributed by atoms with Crippen LogP contribution in [0.5, 0.6) is 0 Å². The summed E-state index contributed by atoms with van der Waals surface area (Å²) in [5.74, 6) is -2.92. The number of carbonyl (C=O) groups is 5. The van der Waals surface area contributed by atoms with Crippen molar-refractivity contribution in [2.75, 3.05) is 5.32 Å². The number of alkyl halides is 3. The van der Waals surface area contributed by atoms with Gasteiger partial charge in [0.1, 0.15) is 11.7 Å². The van der Waals surface area contributed by atoms with E-state index in [4.69, 9.17) is 0 Å². The van der Waals surface area contributed by atoms with Gasteiger partial charge in [-0.3, -0.25) is 34.2 Å². The quantitative estimate of drug-likeness (QED) is 0.243. The van der Waals surface area contributed by atoms with Crippen LogP contribution in [0.15, 0.2) is 57.5 Å². The van der Waals surface area contributed by atoms with E-state index in [0.717, 1.165) is 28.7 Å². The summed E-state index contributed by atoms with van der Waals surface area (Å²) in [4.78, 5) is 61.8. The van der Waals surface area contributed by atoms with Crippen LogP contribution < -0.4 is 16.0 Å². The van der Waals surface area contributed by atoms with Gasteiger partial charge in [-0.15, -0.1) is 0 Å². The van der Waals surface area contributed by atoms with E-state index in [0.29, 0.717) is 10.1 Å². The molecular weight excluding hydrogens is 608 g/mol. The lowest BCUT2D eigenvalue weighted by Gasteiger charge is -2.28. The van der Waals surface area contributed by atoms with Gasteiger partial charge >= 0.3 is 6.18 Å². The van der Waals surface area contributed by atoms with Crippen molar-refractivity contribution in [3.05, 3.63) is 63.0 Å². The van der Waals surface area contributed by atoms with Crippen molar-refractivity contribution < 1.29 is 37.1 Å². The first kappa shape index (κ1) is 26.4. The maximum absolute atomic E-state index is 12.9. The monoisotopic (exact) mass is 628 g/mol. The third-order valence-electron chi connectivity index (χ3n) is 5.61. The summed E-state index contributed by atoms with van der Waals surface area (Å²) < 4.78 is 41.2. The molecule has 1 atom stereocenters. The molecule has 0 bridgehead atoms. The molecule has 0 aliphatic carbocycles. The van der Waals surface area contributed by atoms with E-state index in [1.807, 2.05) is 10.1 Å². The van der Waals surface area contributed by atoms with Gasteiger partial charge in [0.05, 0.1) is 9.27 Å². The van der Waals surface area contributed by atoms with Crippen LogP contribution in [0.1, 0.15) is 31.2 Å². The molecule has 1 aromatic rings. The Bertz CT molecular complexity index is 1320. The van der Waals surface area contributed by atoms with Crippen LogP contribution in [0, 0.1) is 0 Å². The molecule has 4 rings (SSSR count). The molecule has 1 unspecified atom stereocenters. The van der Waals surface area contributed by atoms with Gasteiger partial charge in [-0.2, -0.15) is 13.2 Å². The maximum Gasteiger partial charge on any atom is 0.416 e. The van der Waals surface area contributed by atoms with Gasteiger partial charge in [-0.1, -0.05) is 32.9 Å². The van der Waals surface area contributed by atoms with Crippen LogP contribution in [0.4, 0.5) is 18.9 Å². The number of benzene rings is 1. The van der Waals surface area contributed by atoms with Gasteiger partial charge in [0.15, 0.2) is 0 Å². The first-order valence-corrected chi connectivity index (χ1v) is 13.4. The minimum Gasteiger partial charge on any atom is -0.346 e. The predicted octanol–water partition coefficient (Wildman–Crippen LogP) is 2.63. The summed E-state index contributed by atoms with van der Waals surface area (Å²) in [6.45, 7) is 0. The lowest BCUT2D eigenvalue weighted by atomic mass is 10.0. The van der Waals surface area contributed by atoms with Crippen LogP contribution in [-0.2, 0) is 30.1 Å². The van der Waals surface area contributed by atoms with Gasteiger partial charge in [0, 0.05) is 24.6 Å². The second-order valence-corrected chi connectivity index (χ2v) is 10.8. The van der Waals surface area contributed by atoms with Crippen molar-refractivity contribution in [2.45, 2.75) is 37.9 Å². The fraction of sp³-hybridized carbons (Fsp3) is 0.250. The molecule has 1 fully saturated rings. The number of amides is 5. The minimum absolute atomic E-state index is 0.0117. The van der Waals surface area contributed by atoms with E-state index in [1.165, 1.54) is 12.1 Å². The highest BCUT2D eigenvalue weighted by molar-refractivity contribution is 14.2. The summed E-state index contributed by atoms with van der Waals surface area (Å²) in [6.07, 6.45) is 0.586. The molecule has 0 spiro atoms. The van der Waals surface area contributed by atoms with Crippen molar-refractivity contribution in [3.63, 3.8) is 0 Å². The second kappa shape index (κ2) is 10.8. The fourth-order valence-corrected chi connectivity index (χ4v) is 5.88. The zero-order chi connectivity index (χ0) is 26.7. The number of nitrogens with zero attached hydrogens (tertiary/aromatic N) is 1. The molecule has 37 heavy (non-hydrogen) atoms. The van der Waals surface area contributed by atoms with E-state index >= 15 is 0 Å². The van der Waals surface area contributed by atoms with Crippen LogP contribution in [-0.4, -0.2) is 44.5 Å². The molecule has 1 aromatic carbocycles. The number of hydrogen-bond acceptors (Lipinski definition) is 6. The smallest absolute Gasteiger partial charge is 0.346 e. The highest BCUT2D eigenvalue weighted by Gasteiger charge is 2.42. The topological polar surface area (TPSA) is 125 Å². The third-order valence-corrected chi connectivity index (χ3v) is 7.59. The van der Waals surface area contributed by atoms with Crippen LogP contribution in [0.25, 0.3) is 0 Å². The Morgan fingerprint density at radius 3 is 2.68 bits per heavy atom. The van der Waals surface area contributed by atoms with Crippen molar-refractivity contribution in [2.24, 2.45) is 0 Å². The molecule has 3 N–H and O–H groups in total. The van der Waals surface area contributed by atoms with E-state index in [9.17, 15) is 37.1 Å². The first-order chi connectivity index (χ1) is 17.5. The highest BCUT2D eigenvalue weighted by Crippen LogP contribution is 2.31. The number of piperidine rings is 1. The number of hydrogen-bond donors (Lipinski definition) is 3. The van der Waals surface area contributed by atoms with E-state index in [2.05, 4.69) is 16.0 Å². The van der Waals surface area contributed by atoms with Crippen molar-refractivity contribution >= 4 is 60.0 Å². The van der Waals surface area contributed by atoms with Crippen LogP contribution in [0.2, 0.25) is 0 Å². The van der Waals surface area contributed by atoms with Crippen molar-refractivity contribution in [3.8, 4) is 0 Å². The molecule has 3 heterocycles. The predicted molar refractivity (Wildman–Crippen MR) is 135 cm³/mol. The number of carbonyl (C=O) groups excluding carboxylic acids is 5. The Hall–Kier alpha value is -3.62. The van der Waals surface area contributed by atoms with Gasteiger partial charge in [-0.25, -0.2) is 0 Å². The molecule has 9 nitrogen and oxygen atoms in total. The fourth-order valence-electron chi connectivity index (χ4n) is 3.82. The average Bonchev–Trinajstić information content (AvgIpc) is 3.10. The molecular formula is C24H20F3IN4O5. The summed E-state index contributed by atoms with van der Waals surface area (Å²) in [7, 11) is 0. The van der Waals surface area contributed by atoms with Crippen molar-refractivity contribution in [1.29, 1.82) is 0 Å². The lowest BCUT2D eigenvalue weighted by Crippen LogP contribution is -2.54. The van der Waals surface area contributed by atoms with Gasteiger partial charge < -0.3 is 10.6 Å². The molecule has 5 amide bonds. The van der Waals surface area contributed by atoms with E-state index in [1.54, 1.807) is 6.08 Å². The van der Waals surface area contributed by atoms with Crippen molar-refractivity contribution in [1.82, 2.24) is 15.5 Å². The molecule has 0 aromatic heterocycles. The summed E-state index contributed by atoms with van der Waals surface area (Å²) in [5, 5.41) is 7.54. The first-order valence-electron chi connectivity index (χ1n) is 11.1. The lowest BCUT2D eigenvalue weighted by molar-refractivity contribution is -0.149. The Labute approximate surface area is 218 Å². The Morgan fingerprint density at radius 1 is 1.16 bits per heavy atom. The zero-order valence-electron chi connectivity index (χ0n) is 19.0. The molecule has 1 saturated heterocycles. The number of nitrogens with one attached hydrogen (secondary N) is 3. The largest absolute Gasteiger partial charge is 0.416 e. The molecule has 0 radical (unpaired) electrons. The standard InChI is InChI=1S/C24H20F3IN4O5/c25-24(26,27)14-2-1-3-15(11-14)29-19(33)6-4-13-8-9-28-18(10-13)30-16-12-21(35)32(23(16)37)17-5-7-20(34)31-22(17)36/h1-3,8-12,17,30H,4-7H2,(H,29,33)(H,31,34,36). The van der Waals surface area contributed by atoms with Gasteiger partial charge in [0.25, 0.3) is 11.8 Å². The molecule has 13 heteroatoms.